The molecule has 1 aliphatic carbocycles. The molecule has 0 saturated carbocycles. The third-order valence-electron chi connectivity index (χ3n) is 4.33. The highest BCUT2D eigenvalue weighted by Crippen LogP contribution is 2.43. The van der Waals surface area contributed by atoms with Crippen LogP contribution in [0.2, 0.25) is 0 Å². The minimum absolute atomic E-state index is 0.116. The van der Waals surface area contributed by atoms with E-state index in [1.54, 1.807) is 6.92 Å². The van der Waals surface area contributed by atoms with Crippen molar-refractivity contribution in [1.82, 2.24) is 0 Å². The maximum Gasteiger partial charge on any atom is 0.306 e. The number of allylic oxidation sites excluding steroid dienone is 2. The highest BCUT2D eigenvalue weighted by atomic mass is 16.5. The Hall–Kier alpha value is -1.12. The molecule has 0 spiro atoms. The molecule has 0 radical (unpaired) electrons. The number of ether oxygens (including phenoxy) is 1. The summed E-state index contributed by atoms with van der Waals surface area (Å²) in [5.41, 5.74) is 0.926. The van der Waals surface area contributed by atoms with Crippen molar-refractivity contribution in [2.45, 2.75) is 47.0 Å². The molecule has 0 heterocycles. The third-order valence-corrected chi connectivity index (χ3v) is 4.33. The van der Waals surface area contributed by atoms with Crippen molar-refractivity contribution in [1.29, 1.82) is 0 Å². The Morgan fingerprint density at radius 2 is 2.06 bits per heavy atom. The van der Waals surface area contributed by atoms with Gasteiger partial charge in [-0.25, -0.2) is 0 Å². The van der Waals surface area contributed by atoms with E-state index >= 15 is 0 Å². The third kappa shape index (κ3) is 3.21. The first-order valence-corrected chi connectivity index (χ1v) is 6.54. The Labute approximate surface area is 110 Å². The molecule has 1 rings (SSSR count). The molecule has 1 aliphatic rings. The summed E-state index contributed by atoms with van der Waals surface area (Å²) in [6.07, 6.45) is 4.50. The van der Waals surface area contributed by atoms with Crippen LogP contribution in [0.15, 0.2) is 11.6 Å². The van der Waals surface area contributed by atoms with Gasteiger partial charge in [-0.05, 0) is 38.5 Å². The highest BCUT2D eigenvalue weighted by molar-refractivity contribution is 5.82. The lowest BCUT2D eigenvalue weighted by Crippen LogP contribution is -2.38. The smallest absolute Gasteiger partial charge is 0.306 e. The van der Waals surface area contributed by atoms with E-state index in [0.29, 0.717) is 6.42 Å². The molecular formula is C15H24O3. The number of methoxy groups -OCH3 is 1. The van der Waals surface area contributed by atoms with Gasteiger partial charge in [-0.2, -0.15) is 0 Å². The molecule has 18 heavy (non-hydrogen) atoms. The first-order valence-electron chi connectivity index (χ1n) is 6.54. The van der Waals surface area contributed by atoms with Crippen LogP contribution in [0.25, 0.3) is 0 Å². The second-order valence-electron chi connectivity index (χ2n) is 5.88. The van der Waals surface area contributed by atoms with Gasteiger partial charge in [0.2, 0.25) is 0 Å². The minimum atomic E-state index is -0.379. The van der Waals surface area contributed by atoms with E-state index in [-0.39, 0.29) is 29.0 Å². The van der Waals surface area contributed by atoms with Crippen LogP contribution in [-0.2, 0) is 14.3 Å². The van der Waals surface area contributed by atoms with Crippen LogP contribution >= 0.6 is 0 Å². The van der Waals surface area contributed by atoms with Crippen LogP contribution in [0.5, 0.6) is 0 Å². The normalized spacial score (nSPS) is 24.4. The summed E-state index contributed by atoms with van der Waals surface area (Å²) in [5.74, 6) is 0.327. The van der Waals surface area contributed by atoms with Crippen LogP contribution in [0, 0.1) is 17.3 Å². The predicted molar refractivity (Wildman–Crippen MR) is 71.1 cm³/mol. The quantitative estimate of drug-likeness (QED) is 0.570. The molecule has 0 aliphatic heterocycles. The first kappa shape index (κ1) is 14.9. The highest BCUT2D eigenvalue weighted by Gasteiger charge is 2.40. The van der Waals surface area contributed by atoms with Gasteiger partial charge in [-0.15, -0.1) is 0 Å². The van der Waals surface area contributed by atoms with Crippen LogP contribution in [0.1, 0.15) is 47.0 Å². The zero-order valence-electron chi connectivity index (χ0n) is 12.1. The molecule has 0 fully saturated rings. The SMILES string of the molecule is COC(=O)CC1C=C(C)CCC1C(C)(C)C(C)=O. The van der Waals surface area contributed by atoms with Gasteiger partial charge in [-0.1, -0.05) is 25.5 Å². The molecule has 3 heteroatoms. The average molecular weight is 252 g/mol. The summed E-state index contributed by atoms with van der Waals surface area (Å²) < 4.78 is 4.76. The molecule has 0 aromatic carbocycles. The van der Waals surface area contributed by atoms with Crippen molar-refractivity contribution < 1.29 is 14.3 Å². The summed E-state index contributed by atoms with van der Waals surface area (Å²) in [6, 6.07) is 0. The van der Waals surface area contributed by atoms with E-state index in [4.69, 9.17) is 4.74 Å². The Bertz CT molecular complexity index is 366. The van der Waals surface area contributed by atoms with Crippen LogP contribution in [0.4, 0.5) is 0 Å². The zero-order valence-corrected chi connectivity index (χ0v) is 12.1. The van der Waals surface area contributed by atoms with Crippen LogP contribution in [0.3, 0.4) is 0 Å². The number of ketones is 1. The monoisotopic (exact) mass is 252 g/mol. The lowest BCUT2D eigenvalue weighted by molar-refractivity contribution is -0.143. The molecule has 2 unspecified atom stereocenters. The summed E-state index contributed by atoms with van der Waals surface area (Å²) in [6.45, 7) is 7.69. The zero-order chi connectivity index (χ0) is 13.9. The number of rotatable bonds is 4. The van der Waals surface area contributed by atoms with Crippen molar-refractivity contribution in [3.05, 3.63) is 11.6 Å². The van der Waals surface area contributed by atoms with Crippen molar-refractivity contribution in [2.75, 3.05) is 7.11 Å². The summed E-state index contributed by atoms with van der Waals surface area (Å²) in [7, 11) is 1.41. The maximum absolute atomic E-state index is 11.8. The Balaban J connectivity index is 2.95. The van der Waals surface area contributed by atoms with Crippen LogP contribution < -0.4 is 0 Å². The molecule has 0 aromatic rings. The molecule has 3 nitrogen and oxygen atoms in total. The average Bonchev–Trinajstić information content (AvgIpc) is 2.28. The van der Waals surface area contributed by atoms with E-state index < -0.39 is 0 Å². The van der Waals surface area contributed by atoms with E-state index in [2.05, 4.69) is 13.0 Å². The van der Waals surface area contributed by atoms with Gasteiger partial charge >= 0.3 is 5.97 Å². The minimum Gasteiger partial charge on any atom is -0.469 e. The first-order chi connectivity index (χ1) is 8.28. The molecule has 0 bridgehead atoms. The van der Waals surface area contributed by atoms with Gasteiger partial charge in [0.25, 0.3) is 0 Å². The number of carbonyl (C=O) groups excluding carboxylic acids is 2. The predicted octanol–water partition coefficient (Wildman–Crippen LogP) is 3.14. The Kier molecular flexibility index (Phi) is 4.71. The number of esters is 1. The van der Waals surface area contributed by atoms with Gasteiger partial charge in [0.1, 0.15) is 5.78 Å². The van der Waals surface area contributed by atoms with E-state index in [1.807, 2.05) is 13.8 Å². The van der Waals surface area contributed by atoms with Crippen molar-refractivity contribution in [3.8, 4) is 0 Å². The molecule has 0 N–H and O–H groups in total. The molecule has 0 aromatic heterocycles. The Morgan fingerprint density at radius 3 is 2.56 bits per heavy atom. The fourth-order valence-corrected chi connectivity index (χ4v) is 2.80. The lowest BCUT2D eigenvalue weighted by Gasteiger charge is -2.39. The molecule has 0 saturated heterocycles. The topological polar surface area (TPSA) is 43.4 Å². The van der Waals surface area contributed by atoms with Gasteiger partial charge in [0.15, 0.2) is 0 Å². The second-order valence-corrected chi connectivity index (χ2v) is 5.88. The van der Waals surface area contributed by atoms with Gasteiger partial charge in [0.05, 0.1) is 13.5 Å². The maximum atomic E-state index is 11.8. The van der Waals surface area contributed by atoms with E-state index in [9.17, 15) is 9.59 Å². The standard InChI is InChI=1S/C15H24O3/c1-10-6-7-13(15(3,4)11(2)16)12(8-10)9-14(17)18-5/h8,12-13H,6-7,9H2,1-5H3. The molecule has 0 amide bonds. The fraction of sp³-hybridized carbons (Fsp3) is 0.733. The summed E-state index contributed by atoms with van der Waals surface area (Å²) in [5, 5.41) is 0. The summed E-state index contributed by atoms with van der Waals surface area (Å²) in [4.78, 5) is 23.3. The van der Waals surface area contributed by atoms with Crippen molar-refractivity contribution >= 4 is 11.8 Å². The number of hydrogen-bond donors (Lipinski definition) is 0. The van der Waals surface area contributed by atoms with E-state index in [1.165, 1.54) is 12.7 Å². The second kappa shape index (κ2) is 5.68. The molecule has 2 atom stereocenters. The Morgan fingerprint density at radius 1 is 1.44 bits per heavy atom. The fourth-order valence-electron chi connectivity index (χ4n) is 2.80. The number of Topliss-reactive ketones (excluding diaryl/α,β-unsaturated/α-hetero) is 1. The largest absolute Gasteiger partial charge is 0.469 e. The van der Waals surface area contributed by atoms with Crippen molar-refractivity contribution in [2.24, 2.45) is 17.3 Å². The molecule has 102 valence electrons. The summed E-state index contributed by atoms with van der Waals surface area (Å²) >= 11 is 0. The number of carbonyl (C=O) groups is 2. The van der Waals surface area contributed by atoms with Gasteiger partial charge < -0.3 is 4.74 Å². The number of hydrogen-bond acceptors (Lipinski definition) is 3. The van der Waals surface area contributed by atoms with E-state index in [0.717, 1.165) is 12.8 Å². The van der Waals surface area contributed by atoms with Crippen LogP contribution in [-0.4, -0.2) is 18.9 Å². The van der Waals surface area contributed by atoms with Gasteiger partial charge in [0, 0.05) is 5.41 Å². The lowest BCUT2D eigenvalue weighted by atomic mass is 9.64. The van der Waals surface area contributed by atoms with Gasteiger partial charge in [-0.3, -0.25) is 9.59 Å². The van der Waals surface area contributed by atoms with Crippen molar-refractivity contribution in [3.63, 3.8) is 0 Å². The molecular weight excluding hydrogens is 228 g/mol.